The normalized spacial score (nSPS) is 11.8. The maximum Gasteiger partial charge on any atom is 0.259 e. The summed E-state index contributed by atoms with van der Waals surface area (Å²) >= 11 is 0. The predicted molar refractivity (Wildman–Crippen MR) is 129 cm³/mol. The van der Waals surface area contributed by atoms with E-state index in [2.05, 4.69) is 46.8 Å². The van der Waals surface area contributed by atoms with Gasteiger partial charge in [0.25, 0.3) is 5.91 Å². The SMILES string of the molecule is CN=C(NCc1cccc(OCC(=O)N(C)C)c1)NCC(C)c1ccccc1.I. The number of hydrogen-bond donors (Lipinski definition) is 2. The zero-order valence-corrected chi connectivity index (χ0v) is 19.8. The van der Waals surface area contributed by atoms with Gasteiger partial charge in [0.15, 0.2) is 12.6 Å². The largest absolute Gasteiger partial charge is 0.484 e. The van der Waals surface area contributed by atoms with Gasteiger partial charge in [-0.1, -0.05) is 49.4 Å². The molecule has 0 fully saturated rings. The van der Waals surface area contributed by atoms with Crippen molar-refractivity contribution in [3.05, 3.63) is 65.7 Å². The molecule has 29 heavy (non-hydrogen) atoms. The van der Waals surface area contributed by atoms with Gasteiger partial charge in [0.05, 0.1) is 0 Å². The number of rotatable bonds is 8. The summed E-state index contributed by atoms with van der Waals surface area (Å²) in [6.45, 7) is 3.62. The monoisotopic (exact) mass is 510 g/mol. The van der Waals surface area contributed by atoms with Gasteiger partial charge in [0.2, 0.25) is 0 Å². The summed E-state index contributed by atoms with van der Waals surface area (Å²) in [5.41, 5.74) is 2.34. The lowest BCUT2D eigenvalue weighted by Gasteiger charge is -2.17. The average molecular weight is 510 g/mol. The first-order chi connectivity index (χ1) is 13.5. The highest BCUT2D eigenvalue weighted by Gasteiger charge is 2.07. The lowest BCUT2D eigenvalue weighted by Crippen LogP contribution is -2.38. The Morgan fingerprint density at radius 1 is 1.10 bits per heavy atom. The number of carbonyl (C=O) groups excluding carboxylic acids is 1. The Kier molecular flexibility index (Phi) is 11.1. The third-order valence-electron chi connectivity index (χ3n) is 4.39. The summed E-state index contributed by atoms with van der Waals surface area (Å²) < 4.78 is 5.57. The minimum atomic E-state index is -0.0688. The average Bonchev–Trinajstić information content (AvgIpc) is 2.72. The molecule has 2 rings (SSSR count). The number of nitrogens with zero attached hydrogens (tertiary/aromatic N) is 2. The van der Waals surface area contributed by atoms with Crippen LogP contribution in [0.3, 0.4) is 0 Å². The van der Waals surface area contributed by atoms with Crippen molar-refractivity contribution in [3.8, 4) is 5.75 Å². The highest BCUT2D eigenvalue weighted by molar-refractivity contribution is 14.0. The fourth-order valence-corrected chi connectivity index (χ4v) is 2.57. The van der Waals surface area contributed by atoms with E-state index in [9.17, 15) is 4.79 Å². The van der Waals surface area contributed by atoms with Crippen molar-refractivity contribution < 1.29 is 9.53 Å². The molecule has 0 bridgehead atoms. The van der Waals surface area contributed by atoms with Crippen molar-refractivity contribution in [2.75, 3.05) is 34.3 Å². The van der Waals surface area contributed by atoms with Gasteiger partial charge in [0, 0.05) is 34.2 Å². The number of guanidine groups is 1. The fourth-order valence-electron chi connectivity index (χ4n) is 2.57. The van der Waals surface area contributed by atoms with Crippen molar-refractivity contribution in [1.82, 2.24) is 15.5 Å². The number of ether oxygens (including phenoxy) is 1. The summed E-state index contributed by atoms with van der Waals surface area (Å²) in [7, 11) is 5.18. The van der Waals surface area contributed by atoms with Crippen molar-refractivity contribution in [2.45, 2.75) is 19.4 Å². The van der Waals surface area contributed by atoms with Crippen LogP contribution >= 0.6 is 24.0 Å². The maximum absolute atomic E-state index is 11.6. The summed E-state index contributed by atoms with van der Waals surface area (Å²) in [5.74, 6) is 1.73. The molecule has 1 amide bonds. The molecule has 7 heteroatoms. The second-order valence-corrected chi connectivity index (χ2v) is 6.84. The Morgan fingerprint density at radius 2 is 1.83 bits per heavy atom. The van der Waals surface area contributed by atoms with E-state index in [4.69, 9.17) is 4.74 Å². The quantitative estimate of drug-likeness (QED) is 0.325. The summed E-state index contributed by atoms with van der Waals surface area (Å²) in [4.78, 5) is 17.4. The predicted octanol–water partition coefficient (Wildman–Crippen LogP) is 3.24. The van der Waals surface area contributed by atoms with E-state index in [1.54, 1.807) is 21.1 Å². The summed E-state index contributed by atoms with van der Waals surface area (Å²) in [6, 6.07) is 18.1. The minimum Gasteiger partial charge on any atom is -0.484 e. The molecule has 0 heterocycles. The second-order valence-electron chi connectivity index (χ2n) is 6.84. The lowest BCUT2D eigenvalue weighted by molar-refractivity contribution is -0.130. The highest BCUT2D eigenvalue weighted by Crippen LogP contribution is 2.14. The van der Waals surface area contributed by atoms with E-state index in [1.807, 2.05) is 30.3 Å². The molecule has 0 aromatic heterocycles. The van der Waals surface area contributed by atoms with Crippen LogP contribution in [0.4, 0.5) is 0 Å². The Balaban J connectivity index is 0.00000420. The molecule has 0 aliphatic heterocycles. The van der Waals surface area contributed by atoms with Crippen molar-refractivity contribution >= 4 is 35.8 Å². The van der Waals surface area contributed by atoms with Crippen LogP contribution in [0.5, 0.6) is 5.75 Å². The maximum atomic E-state index is 11.6. The zero-order valence-electron chi connectivity index (χ0n) is 17.5. The van der Waals surface area contributed by atoms with Crippen LogP contribution in [-0.4, -0.2) is 51.1 Å². The van der Waals surface area contributed by atoms with E-state index >= 15 is 0 Å². The molecule has 2 N–H and O–H groups in total. The van der Waals surface area contributed by atoms with Crippen molar-refractivity contribution in [1.29, 1.82) is 0 Å². The van der Waals surface area contributed by atoms with Gasteiger partial charge in [0.1, 0.15) is 5.75 Å². The van der Waals surface area contributed by atoms with E-state index < -0.39 is 0 Å². The smallest absolute Gasteiger partial charge is 0.259 e. The first-order valence-corrected chi connectivity index (χ1v) is 9.41. The van der Waals surface area contributed by atoms with Crippen LogP contribution in [0.1, 0.15) is 24.0 Å². The molecule has 6 nitrogen and oxygen atoms in total. The van der Waals surface area contributed by atoms with Gasteiger partial charge >= 0.3 is 0 Å². The second kappa shape index (κ2) is 13.0. The fraction of sp³-hybridized carbons (Fsp3) is 0.364. The third kappa shape index (κ3) is 8.72. The van der Waals surface area contributed by atoms with Gasteiger partial charge in [-0.3, -0.25) is 9.79 Å². The van der Waals surface area contributed by atoms with Crippen LogP contribution < -0.4 is 15.4 Å². The third-order valence-corrected chi connectivity index (χ3v) is 4.39. The van der Waals surface area contributed by atoms with Crippen LogP contribution in [0.25, 0.3) is 0 Å². The number of benzene rings is 2. The molecule has 0 saturated carbocycles. The Bertz CT molecular complexity index is 781. The number of carbonyl (C=O) groups is 1. The summed E-state index contributed by atoms with van der Waals surface area (Å²) in [5, 5.41) is 6.67. The molecule has 158 valence electrons. The first-order valence-electron chi connectivity index (χ1n) is 9.41. The lowest BCUT2D eigenvalue weighted by atomic mass is 10.0. The van der Waals surface area contributed by atoms with E-state index in [1.165, 1.54) is 10.5 Å². The molecular formula is C22H31IN4O2. The Morgan fingerprint density at radius 3 is 2.48 bits per heavy atom. The van der Waals surface area contributed by atoms with E-state index in [-0.39, 0.29) is 36.5 Å². The standard InChI is InChI=1S/C22H30N4O2.HI/c1-17(19-10-6-5-7-11-19)14-24-22(23-2)25-15-18-9-8-12-20(13-18)28-16-21(27)26(3)4;/h5-13,17H,14-16H2,1-4H3,(H2,23,24,25);1H. The highest BCUT2D eigenvalue weighted by atomic mass is 127. The van der Waals surface area contributed by atoms with Crippen LogP contribution in [0, 0.1) is 0 Å². The van der Waals surface area contributed by atoms with Gasteiger partial charge in [-0.2, -0.15) is 0 Å². The van der Waals surface area contributed by atoms with Gasteiger partial charge < -0.3 is 20.3 Å². The number of halogens is 1. The number of aliphatic imine (C=N–C) groups is 1. The topological polar surface area (TPSA) is 66.0 Å². The number of nitrogens with one attached hydrogen (secondary N) is 2. The molecule has 1 unspecified atom stereocenters. The Labute approximate surface area is 190 Å². The molecule has 0 aliphatic carbocycles. The molecule has 2 aromatic carbocycles. The number of amides is 1. The first kappa shape index (κ1) is 24.7. The van der Waals surface area contributed by atoms with Gasteiger partial charge in [-0.15, -0.1) is 24.0 Å². The molecule has 0 aliphatic rings. The van der Waals surface area contributed by atoms with Gasteiger partial charge in [-0.05, 0) is 29.2 Å². The Hall–Kier alpha value is -2.29. The number of likely N-dealkylation sites (N-methyl/N-ethyl adjacent to an activating group) is 1. The zero-order chi connectivity index (χ0) is 20.4. The molecule has 1 atom stereocenters. The van der Waals surface area contributed by atoms with E-state index in [0.717, 1.165) is 18.1 Å². The number of hydrogen-bond acceptors (Lipinski definition) is 3. The van der Waals surface area contributed by atoms with E-state index in [0.29, 0.717) is 18.2 Å². The molecule has 0 spiro atoms. The van der Waals surface area contributed by atoms with Crippen LogP contribution in [0.15, 0.2) is 59.6 Å². The molecule has 2 aromatic rings. The van der Waals surface area contributed by atoms with Crippen molar-refractivity contribution in [3.63, 3.8) is 0 Å². The molecular weight excluding hydrogens is 479 g/mol. The van der Waals surface area contributed by atoms with Crippen LogP contribution in [-0.2, 0) is 11.3 Å². The minimum absolute atomic E-state index is 0. The van der Waals surface area contributed by atoms with Crippen LogP contribution in [0.2, 0.25) is 0 Å². The summed E-state index contributed by atoms with van der Waals surface area (Å²) in [6.07, 6.45) is 0. The van der Waals surface area contributed by atoms with Crippen molar-refractivity contribution in [2.24, 2.45) is 4.99 Å². The van der Waals surface area contributed by atoms with Gasteiger partial charge in [-0.25, -0.2) is 0 Å². The molecule has 0 radical (unpaired) electrons. The molecule has 0 saturated heterocycles.